The normalized spacial score (nSPS) is 22.8. The van der Waals surface area contributed by atoms with E-state index < -0.39 is 6.10 Å². The van der Waals surface area contributed by atoms with Crippen molar-refractivity contribution in [2.45, 2.75) is 52.7 Å². The quantitative estimate of drug-likeness (QED) is 0.409. The molecule has 1 saturated carbocycles. The van der Waals surface area contributed by atoms with Crippen molar-refractivity contribution in [3.63, 3.8) is 0 Å². The van der Waals surface area contributed by atoms with E-state index in [1.807, 2.05) is 37.3 Å². The van der Waals surface area contributed by atoms with Crippen LogP contribution < -0.4 is 0 Å². The molecule has 1 fully saturated rings. The Bertz CT molecular complexity index is 599. The molecule has 1 aliphatic rings. The van der Waals surface area contributed by atoms with E-state index >= 15 is 0 Å². The highest BCUT2D eigenvalue weighted by atomic mass is 16.6. The molecule has 1 aromatic rings. The molecule has 2 rings (SSSR count). The molecular weight excluding hydrogens is 318 g/mol. The van der Waals surface area contributed by atoms with Gasteiger partial charge in [0, 0.05) is 19.6 Å². The number of rotatable bonds is 8. The fourth-order valence-corrected chi connectivity index (χ4v) is 3.36. The van der Waals surface area contributed by atoms with Crippen LogP contribution in [0.4, 0.5) is 0 Å². The van der Waals surface area contributed by atoms with Gasteiger partial charge in [0.1, 0.15) is 18.5 Å². The summed E-state index contributed by atoms with van der Waals surface area (Å²) >= 11 is 0. The van der Waals surface area contributed by atoms with Crippen molar-refractivity contribution in [3.8, 4) is 0 Å². The van der Waals surface area contributed by atoms with E-state index in [1.54, 1.807) is 6.21 Å². The first-order chi connectivity index (χ1) is 12.0. The second-order valence-electron chi connectivity index (χ2n) is 6.84. The fraction of sp³-hybridized carbons (Fsp3) is 0.550. The van der Waals surface area contributed by atoms with E-state index in [4.69, 9.17) is 9.57 Å². The zero-order chi connectivity index (χ0) is 18.2. The number of Topliss-reactive ketones (excluding diaryl/α,β-unsaturated/α-hetero) is 1. The van der Waals surface area contributed by atoms with E-state index in [9.17, 15) is 9.59 Å². The molecule has 0 spiro atoms. The Labute approximate surface area is 149 Å². The van der Waals surface area contributed by atoms with Gasteiger partial charge >= 0.3 is 5.97 Å². The largest absolute Gasteiger partial charge is 0.461 e. The molecule has 1 unspecified atom stereocenters. The number of benzene rings is 1. The van der Waals surface area contributed by atoms with E-state index in [-0.39, 0.29) is 29.5 Å². The number of hydrogen-bond acceptors (Lipinski definition) is 5. The van der Waals surface area contributed by atoms with Crippen LogP contribution in [0.5, 0.6) is 0 Å². The SMILES string of the molecule is CC(=O)O[C@H]([C@H](C)C/C=N\OCc1ccccc1)[C@H]1C(=O)CCC1C. The average molecular weight is 345 g/mol. The highest BCUT2D eigenvalue weighted by molar-refractivity contribution is 5.84. The molecule has 5 nitrogen and oxygen atoms in total. The van der Waals surface area contributed by atoms with Gasteiger partial charge in [-0.05, 0) is 30.2 Å². The second-order valence-corrected chi connectivity index (χ2v) is 6.84. The third kappa shape index (κ3) is 5.69. The van der Waals surface area contributed by atoms with E-state index in [0.29, 0.717) is 19.4 Å². The van der Waals surface area contributed by atoms with Gasteiger partial charge in [0.25, 0.3) is 0 Å². The molecule has 25 heavy (non-hydrogen) atoms. The van der Waals surface area contributed by atoms with Crippen LogP contribution in [0.15, 0.2) is 35.5 Å². The summed E-state index contributed by atoms with van der Waals surface area (Å²) in [5, 5.41) is 3.98. The van der Waals surface area contributed by atoms with Crippen molar-refractivity contribution in [1.29, 1.82) is 0 Å². The number of oxime groups is 1. The molecule has 0 bridgehead atoms. The highest BCUT2D eigenvalue weighted by Gasteiger charge is 2.41. The van der Waals surface area contributed by atoms with Gasteiger partial charge in [-0.3, -0.25) is 9.59 Å². The molecular formula is C20H27NO4. The lowest BCUT2D eigenvalue weighted by Gasteiger charge is -2.29. The average Bonchev–Trinajstić information content (AvgIpc) is 2.91. The van der Waals surface area contributed by atoms with Crippen molar-refractivity contribution in [3.05, 3.63) is 35.9 Å². The second kappa shape index (κ2) is 9.35. The third-order valence-electron chi connectivity index (χ3n) is 4.75. The summed E-state index contributed by atoms with van der Waals surface area (Å²) in [4.78, 5) is 29.0. The minimum absolute atomic E-state index is 0.00229. The maximum atomic E-state index is 12.2. The van der Waals surface area contributed by atoms with Crippen molar-refractivity contribution >= 4 is 18.0 Å². The number of ether oxygens (including phenoxy) is 1. The van der Waals surface area contributed by atoms with E-state index in [2.05, 4.69) is 12.1 Å². The van der Waals surface area contributed by atoms with Crippen LogP contribution in [0, 0.1) is 17.8 Å². The first-order valence-electron chi connectivity index (χ1n) is 8.86. The molecule has 0 aliphatic heterocycles. The number of esters is 1. The molecule has 4 atom stereocenters. The Kier molecular flexibility index (Phi) is 7.16. The minimum atomic E-state index is -0.400. The van der Waals surface area contributed by atoms with Gasteiger partial charge in [-0.1, -0.05) is 49.3 Å². The number of carbonyl (C=O) groups is 2. The Hall–Kier alpha value is -2.17. The van der Waals surface area contributed by atoms with Crippen LogP contribution in [-0.2, 0) is 25.8 Å². The lowest BCUT2D eigenvalue weighted by atomic mass is 9.83. The third-order valence-corrected chi connectivity index (χ3v) is 4.75. The van der Waals surface area contributed by atoms with Crippen molar-refractivity contribution in [1.82, 2.24) is 0 Å². The summed E-state index contributed by atoms with van der Waals surface area (Å²) in [6.45, 7) is 5.84. The molecule has 0 N–H and O–H groups in total. The first-order valence-corrected chi connectivity index (χ1v) is 8.86. The predicted molar refractivity (Wildman–Crippen MR) is 96.0 cm³/mol. The monoisotopic (exact) mass is 345 g/mol. The van der Waals surface area contributed by atoms with Gasteiger partial charge in [0.15, 0.2) is 0 Å². The van der Waals surface area contributed by atoms with Crippen LogP contribution in [0.3, 0.4) is 0 Å². The summed E-state index contributed by atoms with van der Waals surface area (Å²) in [5.74, 6) is -0.116. The topological polar surface area (TPSA) is 65.0 Å². The van der Waals surface area contributed by atoms with Crippen molar-refractivity contribution in [2.75, 3.05) is 0 Å². The zero-order valence-electron chi connectivity index (χ0n) is 15.2. The predicted octanol–water partition coefficient (Wildman–Crippen LogP) is 3.76. The van der Waals surface area contributed by atoms with Gasteiger partial charge in [0.2, 0.25) is 0 Å². The molecule has 0 radical (unpaired) electrons. The zero-order valence-corrected chi connectivity index (χ0v) is 15.2. The van der Waals surface area contributed by atoms with Gasteiger partial charge < -0.3 is 9.57 Å². The van der Waals surface area contributed by atoms with Crippen LogP contribution in [-0.4, -0.2) is 24.1 Å². The number of hydrogen-bond donors (Lipinski definition) is 0. The molecule has 0 amide bonds. The van der Waals surface area contributed by atoms with Crippen molar-refractivity contribution < 1.29 is 19.2 Å². The highest BCUT2D eigenvalue weighted by Crippen LogP contribution is 2.35. The number of carbonyl (C=O) groups excluding carboxylic acids is 2. The molecule has 1 aromatic carbocycles. The van der Waals surface area contributed by atoms with E-state index in [1.165, 1.54) is 6.92 Å². The van der Waals surface area contributed by atoms with Crippen LogP contribution in [0.1, 0.15) is 45.6 Å². The molecule has 1 aliphatic carbocycles. The van der Waals surface area contributed by atoms with Gasteiger partial charge in [0.05, 0.1) is 5.92 Å². The van der Waals surface area contributed by atoms with E-state index in [0.717, 1.165) is 12.0 Å². The smallest absolute Gasteiger partial charge is 0.302 e. The standard InChI is InChI=1S/C20H27NO4/c1-14-9-10-18(23)19(14)20(25-16(3)22)15(2)11-12-21-24-13-17-7-5-4-6-8-17/h4-8,12,14-15,19-20H,9-11,13H2,1-3H3/b21-12-/t14?,15-,19-,20-/m1/s1. The number of nitrogens with zero attached hydrogens (tertiary/aromatic N) is 1. The number of ketones is 1. The lowest BCUT2D eigenvalue weighted by molar-refractivity contribution is -0.154. The van der Waals surface area contributed by atoms with Crippen LogP contribution in [0.2, 0.25) is 0 Å². The summed E-state index contributed by atoms with van der Waals surface area (Å²) in [6.07, 6.45) is 3.31. The maximum Gasteiger partial charge on any atom is 0.302 e. The first kappa shape index (κ1) is 19.2. The van der Waals surface area contributed by atoms with Gasteiger partial charge in [-0.2, -0.15) is 0 Å². The summed E-state index contributed by atoms with van der Waals surface area (Å²) in [6, 6.07) is 9.81. The molecule has 0 aromatic heterocycles. The molecule has 136 valence electrons. The summed E-state index contributed by atoms with van der Waals surface area (Å²) in [5.41, 5.74) is 1.05. The molecule has 0 saturated heterocycles. The Morgan fingerprint density at radius 3 is 2.68 bits per heavy atom. The minimum Gasteiger partial charge on any atom is -0.461 e. The maximum absolute atomic E-state index is 12.2. The summed E-state index contributed by atoms with van der Waals surface area (Å²) in [7, 11) is 0. The van der Waals surface area contributed by atoms with Crippen molar-refractivity contribution in [2.24, 2.45) is 22.9 Å². The van der Waals surface area contributed by atoms with Crippen LogP contribution >= 0.6 is 0 Å². The Morgan fingerprint density at radius 1 is 1.36 bits per heavy atom. The van der Waals surface area contributed by atoms with Gasteiger partial charge in [-0.15, -0.1) is 0 Å². The lowest BCUT2D eigenvalue weighted by Crippen LogP contribution is -2.37. The van der Waals surface area contributed by atoms with Crippen LogP contribution in [0.25, 0.3) is 0 Å². The molecule has 0 heterocycles. The van der Waals surface area contributed by atoms with Gasteiger partial charge in [-0.25, -0.2) is 0 Å². The Balaban J connectivity index is 1.88. The fourth-order valence-electron chi connectivity index (χ4n) is 3.36. The summed E-state index contributed by atoms with van der Waals surface area (Å²) < 4.78 is 5.50. The Morgan fingerprint density at radius 2 is 2.08 bits per heavy atom. The molecule has 5 heteroatoms.